The minimum atomic E-state index is -4.46. The Labute approximate surface area is 165 Å². The highest BCUT2D eigenvalue weighted by Gasteiger charge is 2.26. The minimum absolute atomic E-state index is 0.0670. The number of amides is 1. The summed E-state index contributed by atoms with van der Waals surface area (Å²) in [6, 6.07) is 10.9. The molecule has 0 fully saturated rings. The minimum Gasteiger partial charge on any atom is -0.268 e. The summed E-state index contributed by atoms with van der Waals surface area (Å²) in [5.41, 5.74) is 0.376. The summed E-state index contributed by atoms with van der Waals surface area (Å²) in [5.74, 6) is 5.04. The third-order valence-corrected chi connectivity index (χ3v) is 5.87. The zero-order valence-electron chi connectivity index (χ0n) is 15.6. The lowest BCUT2D eigenvalue weighted by Crippen LogP contribution is -2.32. The van der Waals surface area contributed by atoms with E-state index >= 15 is 0 Å². The molecule has 0 heterocycles. The number of carbonyl (C=O) groups is 1. The normalized spacial score (nSPS) is 12.0. The molecule has 3 N–H and O–H groups in total. The van der Waals surface area contributed by atoms with Crippen LogP contribution in [-0.2, 0) is 20.0 Å². The molecule has 0 aliphatic rings. The molecule has 0 atom stereocenters. The fourth-order valence-corrected chi connectivity index (χ4v) is 4.50. The largest absolute Gasteiger partial charge is 0.268 e. The van der Waals surface area contributed by atoms with Crippen LogP contribution in [0.4, 0.5) is 0 Å². The Morgan fingerprint density at radius 2 is 1.57 bits per heavy atom. The van der Waals surface area contributed by atoms with Crippen LogP contribution in [0.3, 0.4) is 0 Å². The van der Waals surface area contributed by atoms with E-state index in [0.29, 0.717) is 5.56 Å². The second-order valence-corrected chi connectivity index (χ2v) is 10.2. The number of primary sulfonamides is 1. The van der Waals surface area contributed by atoms with Crippen molar-refractivity contribution in [3.8, 4) is 11.8 Å². The van der Waals surface area contributed by atoms with Crippen molar-refractivity contribution < 1.29 is 21.6 Å². The Kier molecular flexibility index (Phi) is 5.99. The van der Waals surface area contributed by atoms with Gasteiger partial charge in [-0.1, -0.05) is 30.0 Å². The van der Waals surface area contributed by atoms with E-state index in [0.717, 1.165) is 12.1 Å². The molecule has 7 nitrogen and oxygen atoms in total. The lowest BCUT2D eigenvalue weighted by Gasteiger charge is -2.10. The second kappa shape index (κ2) is 7.75. The van der Waals surface area contributed by atoms with E-state index in [1.807, 2.05) is 25.5 Å². The van der Waals surface area contributed by atoms with E-state index in [2.05, 4.69) is 11.8 Å². The van der Waals surface area contributed by atoms with Gasteiger partial charge in [0.05, 0.1) is 0 Å². The first-order valence-electron chi connectivity index (χ1n) is 8.12. The number of rotatable bonds is 4. The lowest BCUT2D eigenvalue weighted by molar-refractivity contribution is 0.0981. The van der Waals surface area contributed by atoms with E-state index in [-0.39, 0.29) is 11.0 Å². The monoisotopic (exact) mass is 420 g/mol. The van der Waals surface area contributed by atoms with Crippen LogP contribution in [0.5, 0.6) is 0 Å². The van der Waals surface area contributed by atoms with Crippen LogP contribution in [-0.4, -0.2) is 22.7 Å². The van der Waals surface area contributed by atoms with Crippen LogP contribution in [0.1, 0.15) is 36.7 Å². The number of carbonyl (C=O) groups excluding carboxylic acids is 1. The summed E-state index contributed by atoms with van der Waals surface area (Å²) in [6.07, 6.45) is 0. The summed E-state index contributed by atoms with van der Waals surface area (Å²) >= 11 is 0. The topological polar surface area (TPSA) is 123 Å². The summed E-state index contributed by atoms with van der Waals surface area (Å²) in [7, 11) is -8.76. The van der Waals surface area contributed by atoms with Gasteiger partial charge in [0.2, 0.25) is 10.0 Å². The Morgan fingerprint density at radius 3 is 2.14 bits per heavy atom. The highest BCUT2D eigenvalue weighted by molar-refractivity contribution is 7.92. The second-order valence-electron chi connectivity index (χ2n) is 7.01. The van der Waals surface area contributed by atoms with Crippen molar-refractivity contribution in [1.29, 1.82) is 0 Å². The lowest BCUT2D eigenvalue weighted by atomic mass is 9.97. The summed E-state index contributed by atoms with van der Waals surface area (Å²) in [4.78, 5) is 11.2. The van der Waals surface area contributed by atoms with Gasteiger partial charge in [0, 0.05) is 16.5 Å². The van der Waals surface area contributed by atoms with Gasteiger partial charge in [-0.2, -0.15) is 0 Å². The maximum absolute atomic E-state index is 12.5. The molecule has 2 aromatic rings. The molecule has 0 bridgehead atoms. The zero-order chi connectivity index (χ0) is 21.2. The third-order valence-electron chi connectivity index (χ3n) is 3.38. The van der Waals surface area contributed by atoms with E-state index in [1.165, 1.54) is 24.3 Å². The highest BCUT2D eigenvalue weighted by Crippen LogP contribution is 2.19. The van der Waals surface area contributed by atoms with Gasteiger partial charge in [0.15, 0.2) is 0 Å². The van der Waals surface area contributed by atoms with E-state index in [4.69, 9.17) is 5.14 Å². The van der Waals surface area contributed by atoms with Gasteiger partial charge in [-0.25, -0.2) is 26.7 Å². The maximum Gasteiger partial charge on any atom is 0.265 e. The number of benzene rings is 2. The van der Waals surface area contributed by atoms with Crippen molar-refractivity contribution >= 4 is 26.0 Å². The molecular formula is C19H20N2O5S2. The molecule has 0 saturated heterocycles. The number of hydrogen-bond donors (Lipinski definition) is 2. The predicted molar refractivity (Wildman–Crippen MR) is 105 cm³/mol. The first-order chi connectivity index (χ1) is 12.8. The van der Waals surface area contributed by atoms with E-state index < -0.39 is 35.7 Å². The summed E-state index contributed by atoms with van der Waals surface area (Å²) in [6.45, 7) is 5.81. The molecule has 0 aromatic heterocycles. The van der Waals surface area contributed by atoms with Crippen molar-refractivity contribution in [3.05, 3.63) is 59.7 Å². The van der Waals surface area contributed by atoms with Crippen molar-refractivity contribution in [1.82, 2.24) is 4.72 Å². The van der Waals surface area contributed by atoms with Crippen molar-refractivity contribution in [3.63, 3.8) is 0 Å². The molecule has 9 heteroatoms. The molecule has 2 aromatic carbocycles. The molecule has 1 amide bonds. The van der Waals surface area contributed by atoms with Crippen molar-refractivity contribution in [2.75, 3.05) is 0 Å². The Morgan fingerprint density at radius 1 is 0.964 bits per heavy atom. The molecule has 0 aliphatic heterocycles. The molecule has 28 heavy (non-hydrogen) atoms. The first kappa shape index (κ1) is 21.6. The van der Waals surface area contributed by atoms with E-state index in [9.17, 15) is 21.6 Å². The number of nitrogens with one attached hydrogen (secondary N) is 1. The Hall–Kier alpha value is -2.67. The molecule has 2 rings (SSSR count). The molecule has 0 spiro atoms. The Bertz CT molecular complexity index is 1180. The van der Waals surface area contributed by atoms with Gasteiger partial charge >= 0.3 is 0 Å². The van der Waals surface area contributed by atoms with Gasteiger partial charge in [-0.3, -0.25) is 4.79 Å². The predicted octanol–water partition coefficient (Wildman–Crippen LogP) is 1.85. The molecule has 0 saturated carbocycles. The zero-order valence-corrected chi connectivity index (χ0v) is 17.2. The third kappa shape index (κ3) is 5.66. The Balaban J connectivity index is 2.37. The summed E-state index contributed by atoms with van der Waals surface area (Å²) in [5, 5.41) is 5.06. The van der Waals surface area contributed by atoms with Crippen LogP contribution in [0.15, 0.2) is 58.3 Å². The number of sulfonamides is 2. The average Bonchev–Trinajstić information content (AvgIpc) is 2.58. The van der Waals surface area contributed by atoms with Gasteiger partial charge < -0.3 is 0 Å². The van der Waals surface area contributed by atoms with Crippen molar-refractivity contribution in [2.24, 2.45) is 10.6 Å². The van der Waals surface area contributed by atoms with Gasteiger partial charge in [0.1, 0.15) is 9.79 Å². The quantitative estimate of drug-likeness (QED) is 0.731. The van der Waals surface area contributed by atoms with Gasteiger partial charge in [-0.05, 0) is 51.1 Å². The summed E-state index contributed by atoms with van der Waals surface area (Å²) < 4.78 is 50.2. The van der Waals surface area contributed by atoms with Gasteiger partial charge in [-0.15, -0.1) is 0 Å². The average molecular weight is 421 g/mol. The van der Waals surface area contributed by atoms with Gasteiger partial charge in [0.25, 0.3) is 15.9 Å². The SMILES string of the molecule is CC(C)(C)C#Cc1cccc(C(=O)NS(=O)(=O)c2ccccc2S(N)(=O)=O)c1. The smallest absolute Gasteiger partial charge is 0.265 e. The number of nitrogens with two attached hydrogens (primary N) is 1. The van der Waals surface area contributed by atoms with Crippen LogP contribution in [0, 0.1) is 17.3 Å². The first-order valence-corrected chi connectivity index (χ1v) is 11.1. The molecule has 0 aliphatic carbocycles. The fraction of sp³-hybridized carbons (Fsp3) is 0.211. The number of hydrogen-bond acceptors (Lipinski definition) is 5. The highest BCUT2D eigenvalue weighted by atomic mass is 32.2. The molecule has 148 valence electrons. The van der Waals surface area contributed by atoms with Crippen LogP contribution < -0.4 is 9.86 Å². The van der Waals surface area contributed by atoms with Crippen molar-refractivity contribution in [2.45, 2.75) is 30.6 Å². The molecule has 0 radical (unpaired) electrons. The van der Waals surface area contributed by atoms with Crippen LogP contribution >= 0.6 is 0 Å². The molecular weight excluding hydrogens is 400 g/mol. The molecule has 0 unspecified atom stereocenters. The standard InChI is InChI=1S/C19H20N2O5S2/c1-19(2,3)12-11-14-7-6-8-15(13-14)18(22)21-28(25,26)17-10-5-4-9-16(17)27(20,23)24/h4-10,13H,1-3H3,(H,21,22)(H2,20,23,24). The fourth-order valence-electron chi connectivity index (χ4n) is 2.14. The maximum atomic E-state index is 12.5. The van der Waals surface area contributed by atoms with Crippen LogP contribution in [0.2, 0.25) is 0 Å². The van der Waals surface area contributed by atoms with Crippen LogP contribution in [0.25, 0.3) is 0 Å². The van der Waals surface area contributed by atoms with E-state index in [1.54, 1.807) is 12.1 Å².